The summed E-state index contributed by atoms with van der Waals surface area (Å²) < 4.78 is 17.2. The van der Waals surface area contributed by atoms with Gasteiger partial charge < -0.3 is 13.9 Å². The Morgan fingerprint density at radius 3 is 2.48 bits per heavy atom. The molecule has 0 saturated carbocycles. The number of ketones is 1. The van der Waals surface area contributed by atoms with Crippen LogP contribution in [0.5, 0.6) is 5.75 Å². The summed E-state index contributed by atoms with van der Waals surface area (Å²) in [5, 5.41) is 0. The van der Waals surface area contributed by atoms with Gasteiger partial charge in [-0.1, -0.05) is 45.0 Å². The highest BCUT2D eigenvalue weighted by Crippen LogP contribution is 2.24. The van der Waals surface area contributed by atoms with Crippen LogP contribution >= 0.6 is 0 Å². The molecule has 0 N–H and O–H groups in total. The minimum Gasteiger partial charge on any atom is -0.493 e. The largest absolute Gasteiger partial charge is 0.493 e. The third-order valence-corrected chi connectivity index (χ3v) is 5.40. The number of Topliss-reactive ketones (excluding diaryl/α,β-unsaturated/α-hetero) is 1. The lowest BCUT2D eigenvalue weighted by molar-refractivity contribution is -0.120. The van der Waals surface area contributed by atoms with Gasteiger partial charge in [-0.25, -0.2) is 4.98 Å². The van der Waals surface area contributed by atoms with E-state index in [4.69, 9.17) is 13.9 Å². The summed E-state index contributed by atoms with van der Waals surface area (Å²) in [6.45, 7) is 9.20. The number of benzene rings is 2. The average Bonchev–Trinajstić information content (AvgIpc) is 3.13. The average molecular weight is 450 g/mol. The van der Waals surface area contributed by atoms with Gasteiger partial charge in [-0.2, -0.15) is 0 Å². The van der Waals surface area contributed by atoms with Crippen LogP contribution in [0.25, 0.3) is 11.5 Å². The summed E-state index contributed by atoms with van der Waals surface area (Å²) in [6, 6.07) is 15.9. The third kappa shape index (κ3) is 7.57. The molecule has 0 aliphatic carbocycles. The van der Waals surface area contributed by atoms with Crippen LogP contribution in [0.3, 0.4) is 0 Å². The van der Waals surface area contributed by atoms with Crippen molar-refractivity contribution in [2.45, 2.75) is 60.0 Å². The first-order valence-electron chi connectivity index (χ1n) is 11.5. The number of methoxy groups -OCH3 is 1. The Morgan fingerprint density at radius 2 is 1.79 bits per heavy atom. The Labute approximate surface area is 197 Å². The molecule has 0 atom stereocenters. The molecule has 0 aliphatic rings. The molecular weight excluding hydrogens is 414 g/mol. The van der Waals surface area contributed by atoms with Crippen molar-refractivity contribution in [3.8, 4) is 17.2 Å². The highest BCUT2D eigenvalue weighted by molar-refractivity contribution is 5.79. The van der Waals surface area contributed by atoms with E-state index in [9.17, 15) is 4.79 Å². The van der Waals surface area contributed by atoms with E-state index in [-0.39, 0.29) is 5.41 Å². The van der Waals surface area contributed by atoms with Gasteiger partial charge in [0.1, 0.15) is 17.3 Å². The molecule has 0 fully saturated rings. The quantitative estimate of drug-likeness (QED) is 0.341. The van der Waals surface area contributed by atoms with E-state index in [1.165, 1.54) is 0 Å². The van der Waals surface area contributed by atoms with Crippen molar-refractivity contribution in [2.24, 2.45) is 5.41 Å². The van der Waals surface area contributed by atoms with Crippen molar-refractivity contribution >= 4 is 5.78 Å². The van der Waals surface area contributed by atoms with E-state index >= 15 is 0 Å². The fourth-order valence-corrected chi connectivity index (χ4v) is 3.81. The predicted molar refractivity (Wildman–Crippen MR) is 130 cm³/mol. The van der Waals surface area contributed by atoms with Gasteiger partial charge in [0.2, 0.25) is 5.89 Å². The van der Waals surface area contributed by atoms with Gasteiger partial charge in [-0.05, 0) is 54.2 Å². The van der Waals surface area contributed by atoms with Gasteiger partial charge >= 0.3 is 0 Å². The molecule has 5 heteroatoms. The van der Waals surface area contributed by atoms with Gasteiger partial charge in [-0.3, -0.25) is 4.79 Å². The van der Waals surface area contributed by atoms with Crippen LogP contribution < -0.4 is 4.74 Å². The summed E-state index contributed by atoms with van der Waals surface area (Å²) in [4.78, 5) is 16.9. The van der Waals surface area contributed by atoms with E-state index in [1.54, 1.807) is 7.11 Å². The molecule has 1 heterocycles. The molecule has 0 radical (unpaired) electrons. The summed E-state index contributed by atoms with van der Waals surface area (Å²) in [6.07, 6.45) is 2.52. The lowest BCUT2D eigenvalue weighted by Gasteiger charge is -2.17. The number of aryl methyl sites for hydroxylation is 2. The molecule has 0 spiro atoms. The number of hydrogen-bond acceptors (Lipinski definition) is 5. The van der Waals surface area contributed by atoms with Crippen molar-refractivity contribution in [1.82, 2.24) is 4.98 Å². The summed E-state index contributed by atoms with van der Waals surface area (Å²) in [5.74, 6) is 2.53. The molecule has 176 valence electrons. The topological polar surface area (TPSA) is 61.6 Å². The molecule has 0 saturated heterocycles. The Hall–Kier alpha value is -2.92. The van der Waals surface area contributed by atoms with E-state index in [0.29, 0.717) is 50.6 Å². The van der Waals surface area contributed by atoms with Crippen LogP contribution in [-0.2, 0) is 29.0 Å². The van der Waals surface area contributed by atoms with Crippen LogP contribution in [0, 0.1) is 12.3 Å². The maximum absolute atomic E-state index is 12.3. The minimum atomic E-state index is 0.0220. The zero-order chi connectivity index (χ0) is 23.8. The van der Waals surface area contributed by atoms with Crippen molar-refractivity contribution in [3.05, 3.63) is 71.1 Å². The van der Waals surface area contributed by atoms with E-state index in [2.05, 4.69) is 25.8 Å². The first-order valence-corrected chi connectivity index (χ1v) is 11.5. The highest BCUT2D eigenvalue weighted by Gasteiger charge is 2.16. The molecule has 3 aromatic rings. The van der Waals surface area contributed by atoms with Crippen LogP contribution in [0.4, 0.5) is 0 Å². The zero-order valence-electron chi connectivity index (χ0n) is 20.4. The molecule has 3 rings (SSSR count). The van der Waals surface area contributed by atoms with Crippen molar-refractivity contribution < 1.29 is 18.7 Å². The first-order chi connectivity index (χ1) is 15.7. The molecule has 5 nitrogen and oxygen atoms in total. The maximum Gasteiger partial charge on any atom is 0.226 e. The Kier molecular flexibility index (Phi) is 8.45. The Balaban J connectivity index is 1.58. The van der Waals surface area contributed by atoms with Crippen LogP contribution in [0.15, 0.2) is 52.9 Å². The van der Waals surface area contributed by atoms with Gasteiger partial charge in [0, 0.05) is 31.9 Å². The number of aromatic nitrogens is 1. The smallest absolute Gasteiger partial charge is 0.226 e. The highest BCUT2D eigenvalue weighted by atomic mass is 16.5. The van der Waals surface area contributed by atoms with Crippen LogP contribution in [-0.4, -0.2) is 24.5 Å². The standard InChI is InChI=1S/C28H35NO4/c1-20-26(29-27(33-20)22-9-7-6-8-10-22)15-16-32-25-14-12-21(23(17-25)19-31-5)11-13-24(30)18-28(2,3)4/h6-10,12,14,17H,11,13,15-16,18-19H2,1-5H3. The van der Waals surface area contributed by atoms with E-state index in [1.807, 2.05) is 55.5 Å². The lowest BCUT2D eigenvalue weighted by Crippen LogP contribution is -2.13. The fourth-order valence-electron chi connectivity index (χ4n) is 3.81. The van der Waals surface area contributed by atoms with Crippen molar-refractivity contribution in [2.75, 3.05) is 13.7 Å². The predicted octanol–water partition coefficient (Wildman–Crippen LogP) is 6.36. The number of ether oxygens (including phenoxy) is 2. The molecule has 2 aromatic carbocycles. The first kappa shape index (κ1) is 24.7. The molecule has 0 aliphatic heterocycles. The molecule has 33 heavy (non-hydrogen) atoms. The van der Waals surface area contributed by atoms with Gasteiger partial charge in [0.25, 0.3) is 0 Å². The molecule has 0 bridgehead atoms. The lowest BCUT2D eigenvalue weighted by atomic mass is 9.88. The molecule has 0 amide bonds. The van der Waals surface area contributed by atoms with E-state index in [0.717, 1.165) is 33.9 Å². The number of nitrogens with zero attached hydrogens (tertiary/aromatic N) is 1. The summed E-state index contributed by atoms with van der Waals surface area (Å²) >= 11 is 0. The Bertz CT molecular complexity index is 1050. The van der Waals surface area contributed by atoms with Crippen molar-refractivity contribution in [1.29, 1.82) is 0 Å². The maximum atomic E-state index is 12.3. The second kappa shape index (κ2) is 11.3. The SMILES string of the molecule is COCc1cc(OCCc2nc(-c3ccccc3)oc2C)ccc1CCC(=O)CC(C)(C)C. The number of oxazole rings is 1. The van der Waals surface area contributed by atoms with Crippen LogP contribution in [0.2, 0.25) is 0 Å². The molecule has 1 aromatic heterocycles. The molecular formula is C28H35NO4. The fraction of sp³-hybridized carbons (Fsp3) is 0.429. The monoisotopic (exact) mass is 449 g/mol. The molecule has 0 unspecified atom stereocenters. The number of carbonyl (C=O) groups excluding carboxylic acids is 1. The number of hydrogen-bond donors (Lipinski definition) is 0. The number of rotatable bonds is 11. The van der Waals surface area contributed by atoms with E-state index < -0.39 is 0 Å². The minimum absolute atomic E-state index is 0.0220. The second-order valence-corrected chi connectivity index (χ2v) is 9.63. The van der Waals surface area contributed by atoms with Crippen LogP contribution in [0.1, 0.15) is 56.2 Å². The summed E-state index contributed by atoms with van der Waals surface area (Å²) in [5.41, 5.74) is 4.08. The van der Waals surface area contributed by atoms with Crippen molar-refractivity contribution in [3.63, 3.8) is 0 Å². The summed E-state index contributed by atoms with van der Waals surface area (Å²) in [7, 11) is 1.68. The zero-order valence-corrected chi connectivity index (χ0v) is 20.4. The number of carbonyl (C=O) groups is 1. The van der Waals surface area contributed by atoms with Gasteiger partial charge in [0.05, 0.1) is 18.9 Å². The third-order valence-electron chi connectivity index (χ3n) is 5.40. The normalized spacial score (nSPS) is 11.5. The van der Waals surface area contributed by atoms with Gasteiger partial charge in [-0.15, -0.1) is 0 Å². The van der Waals surface area contributed by atoms with Gasteiger partial charge in [0.15, 0.2) is 0 Å². The second-order valence-electron chi connectivity index (χ2n) is 9.63. The Morgan fingerprint density at radius 1 is 1.03 bits per heavy atom.